The first kappa shape index (κ1) is 30.5. The van der Waals surface area contributed by atoms with Gasteiger partial charge in [-0.3, -0.25) is 9.59 Å². The van der Waals surface area contributed by atoms with E-state index in [0.29, 0.717) is 35.8 Å². The Balaban J connectivity index is 1.38. The highest BCUT2D eigenvalue weighted by Crippen LogP contribution is 2.40. The van der Waals surface area contributed by atoms with Crippen molar-refractivity contribution in [2.75, 3.05) is 32.6 Å². The Morgan fingerprint density at radius 2 is 1.95 bits per heavy atom. The second-order valence-corrected chi connectivity index (χ2v) is 11.5. The number of ketones is 1. The quantitative estimate of drug-likeness (QED) is 0.304. The maximum atomic E-state index is 14.1. The topological polar surface area (TPSA) is 96.5 Å². The van der Waals surface area contributed by atoms with E-state index >= 15 is 0 Å². The van der Waals surface area contributed by atoms with Crippen LogP contribution in [0.25, 0.3) is 0 Å². The Morgan fingerprint density at radius 1 is 1.16 bits per heavy atom. The fourth-order valence-corrected chi connectivity index (χ4v) is 6.31. The molecule has 5 rings (SSSR count). The summed E-state index contributed by atoms with van der Waals surface area (Å²) in [5, 5.41) is 5.89. The highest BCUT2D eigenvalue weighted by atomic mass is 19.4. The van der Waals surface area contributed by atoms with E-state index < -0.39 is 17.8 Å². The molecule has 2 N–H and O–H groups in total. The number of rotatable bonds is 9. The molecule has 0 radical (unpaired) electrons. The molecule has 1 aliphatic heterocycles. The van der Waals surface area contributed by atoms with E-state index in [0.717, 1.165) is 43.3 Å². The fourth-order valence-electron chi connectivity index (χ4n) is 6.31. The normalized spacial score (nSPS) is 20.4. The number of nitrogens with one attached hydrogen (secondary N) is 2. The first-order chi connectivity index (χ1) is 20.5. The lowest BCUT2D eigenvalue weighted by Gasteiger charge is -2.29. The molecule has 2 aromatic carbocycles. The predicted octanol–water partition coefficient (Wildman–Crippen LogP) is 5.75. The summed E-state index contributed by atoms with van der Waals surface area (Å²) in [6.07, 6.45) is -0.869. The van der Waals surface area contributed by atoms with Crippen molar-refractivity contribution in [1.29, 1.82) is 0 Å². The van der Waals surface area contributed by atoms with Crippen molar-refractivity contribution in [1.82, 2.24) is 20.2 Å². The van der Waals surface area contributed by atoms with Gasteiger partial charge >= 0.3 is 6.18 Å². The van der Waals surface area contributed by atoms with Gasteiger partial charge in [0.15, 0.2) is 5.78 Å². The molecule has 1 aromatic heterocycles. The molecule has 228 valence electrons. The Kier molecular flexibility index (Phi) is 9.00. The minimum Gasteiger partial charge on any atom is -0.495 e. The highest BCUT2D eigenvalue weighted by Gasteiger charge is 2.39. The molecule has 2 aliphatic rings. The summed E-state index contributed by atoms with van der Waals surface area (Å²) in [5.41, 5.74) is 1.74. The number of likely N-dealkylation sites (tertiary alicyclic amines) is 1. The van der Waals surface area contributed by atoms with E-state index in [4.69, 9.17) is 4.74 Å². The Bertz CT molecular complexity index is 1500. The van der Waals surface area contributed by atoms with E-state index in [2.05, 4.69) is 32.5 Å². The van der Waals surface area contributed by atoms with Gasteiger partial charge < -0.3 is 20.3 Å². The number of anilines is 2. The second kappa shape index (κ2) is 12.7. The van der Waals surface area contributed by atoms with Crippen molar-refractivity contribution < 1.29 is 27.5 Å². The number of amides is 1. The largest absolute Gasteiger partial charge is 0.495 e. The number of hydrogen-bond acceptors (Lipinski definition) is 7. The minimum atomic E-state index is -4.66. The van der Waals surface area contributed by atoms with Gasteiger partial charge in [-0.2, -0.15) is 13.2 Å². The van der Waals surface area contributed by atoms with Crippen LogP contribution in [0.5, 0.6) is 5.75 Å². The molecular weight excluding hydrogens is 559 g/mol. The van der Waals surface area contributed by atoms with Crippen LogP contribution in [0.15, 0.2) is 48.7 Å². The number of methoxy groups -OCH3 is 1. The Hall–Kier alpha value is -3.99. The predicted molar refractivity (Wildman–Crippen MR) is 156 cm³/mol. The number of carbonyl (C=O) groups is 2. The zero-order valence-electron chi connectivity index (χ0n) is 24.5. The molecule has 8 nitrogen and oxygen atoms in total. The summed E-state index contributed by atoms with van der Waals surface area (Å²) in [6.45, 7) is 3.32. The molecule has 0 spiro atoms. The smallest absolute Gasteiger partial charge is 0.419 e. The van der Waals surface area contributed by atoms with Crippen molar-refractivity contribution in [3.05, 3.63) is 76.6 Å². The second-order valence-electron chi connectivity index (χ2n) is 11.5. The Labute approximate surface area is 249 Å². The average Bonchev–Trinajstić information content (AvgIpc) is 3.28. The lowest BCUT2D eigenvalue weighted by atomic mass is 9.91. The van der Waals surface area contributed by atoms with Gasteiger partial charge in [0.2, 0.25) is 11.9 Å². The molecule has 2 heterocycles. The summed E-state index contributed by atoms with van der Waals surface area (Å²) in [5.74, 6) is 0.0593. The van der Waals surface area contributed by atoms with E-state index in [1.807, 2.05) is 24.3 Å². The van der Waals surface area contributed by atoms with Crippen LogP contribution >= 0.6 is 0 Å². The third kappa shape index (κ3) is 7.15. The van der Waals surface area contributed by atoms with Gasteiger partial charge in [-0.25, -0.2) is 9.97 Å². The third-order valence-electron chi connectivity index (χ3n) is 8.30. The number of aromatic nitrogens is 2. The molecule has 3 aromatic rings. The molecule has 11 heteroatoms. The minimum absolute atomic E-state index is 0.0181. The van der Waals surface area contributed by atoms with Crippen LogP contribution in [-0.4, -0.2) is 53.8 Å². The monoisotopic (exact) mass is 595 g/mol. The van der Waals surface area contributed by atoms with E-state index in [1.54, 1.807) is 18.2 Å². The van der Waals surface area contributed by atoms with Gasteiger partial charge in [0.05, 0.1) is 30.1 Å². The number of halogens is 3. The standard InChI is InChI=1S/C32H36F3N5O3/c1-19(41)37-30-23(14-21-8-4-5-9-24(21)30)15-27-25(32(33,34)35)17-36-31(39-27)38-26-11-10-22(16-29(26)43-3)28(42)13-20-7-6-12-40(2)18-20/h4-5,8-11,16-17,20,23,30H,6-7,12-15,18H2,1-3H3,(H,37,41)(H,36,38,39)/t20?,23-,30-/m0/s1. The molecule has 3 atom stereocenters. The number of piperidine rings is 1. The number of nitrogens with zero attached hydrogens (tertiary/aromatic N) is 3. The van der Waals surface area contributed by atoms with Gasteiger partial charge in [-0.05, 0) is 80.4 Å². The van der Waals surface area contributed by atoms with Crippen LogP contribution in [0, 0.1) is 11.8 Å². The van der Waals surface area contributed by atoms with Crippen LogP contribution in [0.3, 0.4) is 0 Å². The number of carbonyl (C=O) groups excluding carboxylic acids is 2. The summed E-state index contributed by atoms with van der Waals surface area (Å²) in [4.78, 5) is 35.5. The SMILES string of the molecule is COc1cc(C(=O)CC2CCCN(C)C2)ccc1Nc1ncc(C(F)(F)F)c(C[C@@H]2Cc3ccccc3[C@H]2NC(C)=O)n1. The van der Waals surface area contributed by atoms with E-state index in [9.17, 15) is 22.8 Å². The van der Waals surface area contributed by atoms with Crippen LogP contribution in [0.1, 0.15) is 65.0 Å². The van der Waals surface area contributed by atoms with Gasteiger partial charge in [0.25, 0.3) is 0 Å². The molecule has 1 saturated heterocycles. The lowest BCUT2D eigenvalue weighted by Crippen LogP contribution is -2.33. The van der Waals surface area contributed by atoms with Crippen LogP contribution in [0.2, 0.25) is 0 Å². The van der Waals surface area contributed by atoms with Gasteiger partial charge in [-0.15, -0.1) is 0 Å². The molecule has 0 bridgehead atoms. The number of Topliss-reactive ketones (excluding diaryl/α,β-unsaturated/α-hetero) is 1. The molecule has 1 fully saturated rings. The van der Waals surface area contributed by atoms with Crippen LogP contribution in [-0.2, 0) is 23.8 Å². The molecule has 1 unspecified atom stereocenters. The van der Waals surface area contributed by atoms with Gasteiger partial charge in [-0.1, -0.05) is 24.3 Å². The molecule has 1 amide bonds. The summed E-state index contributed by atoms with van der Waals surface area (Å²) >= 11 is 0. The van der Waals surface area contributed by atoms with E-state index in [-0.39, 0.29) is 35.7 Å². The van der Waals surface area contributed by atoms with Crippen LogP contribution in [0.4, 0.5) is 24.8 Å². The zero-order chi connectivity index (χ0) is 30.7. The van der Waals surface area contributed by atoms with Crippen molar-refractivity contribution in [3.63, 3.8) is 0 Å². The number of alkyl halides is 3. The van der Waals surface area contributed by atoms with Crippen molar-refractivity contribution in [2.24, 2.45) is 11.8 Å². The average molecular weight is 596 g/mol. The van der Waals surface area contributed by atoms with Crippen molar-refractivity contribution >= 4 is 23.3 Å². The third-order valence-corrected chi connectivity index (χ3v) is 8.30. The number of fused-ring (bicyclic) bond motifs is 1. The summed E-state index contributed by atoms with van der Waals surface area (Å²) in [6, 6.07) is 12.1. The first-order valence-electron chi connectivity index (χ1n) is 14.5. The van der Waals surface area contributed by atoms with Gasteiger partial charge in [0, 0.05) is 31.6 Å². The first-order valence-corrected chi connectivity index (χ1v) is 14.5. The van der Waals surface area contributed by atoms with E-state index in [1.165, 1.54) is 14.0 Å². The zero-order valence-corrected chi connectivity index (χ0v) is 24.5. The maximum absolute atomic E-state index is 14.1. The fraction of sp³-hybridized carbons (Fsp3) is 0.438. The number of benzene rings is 2. The van der Waals surface area contributed by atoms with Crippen LogP contribution < -0.4 is 15.4 Å². The maximum Gasteiger partial charge on any atom is 0.419 e. The molecule has 43 heavy (non-hydrogen) atoms. The summed E-state index contributed by atoms with van der Waals surface area (Å²) < 4.78 is 47.7. The highest BCUT2D eigenvalue weighted by molar-refractivity contribution is 5.97. The van der Waals surface area contributed by atoms with Gasteiger partial charge in [0.1, 0.15) is 5.75 Å². The summed E-state index contributed by atoms with van der Waals surface area (Å²) in [7, 11) is 3.52. The Morgan fingerprint density at radius 3 is 2.67 bits per heavy atom. The van der Waals surface area contributed by atoms with Crippen molar-refractivity contribution in [3.8, 4) is 5.75 Å². The molecule has 1 aliphatic carbocycles. The number of ether oxygens (including phenoxy) is 1. The molecular formula is C32H36F3N5O3. The number of hydrogen-bond donors (Lipinski definition) is 2. The lowest BCUT2D eigenvalue weighted by molar-refractivity contribution is -0.138. The van der Waals surface area contributed by atoms with Crippen molar-refractivity contribution in [2.45, 2.75) is 51.2 Å². The molecule has 0 saturated carbocycles.